The molecule has 1 N–H and O–H groups in total. The van der Waals surface area contributed by atoms with Crippen LogP contribution in [0.3, 0.4) is 0 Å². The first-order valence-electron chi connectivity index (χ1n) is 3.77. The van der Waals surface area contributed by atoms with E-state index in [1.807, 2.05) is 0 Å². The Morgan fingerprint density at radius 2 is 2.23 bits per heavy atom. The van der Waals surface area contributed by atoms with E-state index in [2.05, 4.69) is 12.6 Å². The van der Waals surface area contributed by atoms with E-state index in [0.29, 0.717) is 10.5 Å². The normalized spacial score (nSPS) is 10.0. The van der Waals surface area contributed by atoms with E-state index in [0.717, 1.165) is 0 Å². The molecule has 0 aromatic heterocycles. The second-order valence-electron chi connectivity index (χ2n) is 2.54. The summed E-state index contributed by atoms with van der Waals surface area (Å²) in [6, 6.07) is 4.72. The molecule has 4 heteroatoms. The Bertz CT molecular complexity index is 325. The first kappa shape index (κ1) is 10.4. The number of phenols is 1. The van der Waals surface area contributed by atoms with Gasteiger partial charge >= 0.3 is 0 Å². The number of rotatable bonds is 3. The number of carbonyl (C=O) groups is 1. The minimum Gasteiger partial charge on any atom is -0.507 e. The van der Waals surface area contributed by atoms with Crippen molar-refractivity contribution in [1.82, 2.24) is 0 Å². The summed E-state index contributed by atoms with van der Waals surface area (Å²) < 4.78 is 0. The maximum Gasteiger partial charge on any atom is 0.165 e. The predicted molar refractivity (Wildman–Crippen MR) is 55.0 cm³/mol. The molecule has 13 heavy (non-hydrogen) atoms. The van der Waals surface area contributed by atoms with Crippen LogP contribution in [0.25, 0.3) is 0 Å². The first-order chi connectivity index (χ1) is 6.16. The zero-order valence-electron chi connectivity index (χ0n) is 6.83. The average molecular weight is 217 g/mol. The van der Waals surface area contributed by atoms with Crippen LogP contribution in [-0.2, 0) is 0 Å². The van der Waals surface area contributed by atoms with Gasteiger partial charge in [0.2, 0.25) is 0 Å². The van der Waals surface area contributed by atoms with Gasteiger partial charge in [0.05, 0.1) is 4.90 Å². The van der Waals surface area contributed by atoms with E-state index in [9.17, 15) is 9.90 Å². The van der Waals surface area contributed by atoms with Crippen LogP contribution in [0.2, 0.25) is 0 Å². The smallest absolute Gasteiger partial charge is 0.165 e. The zero-order valence-corrected chi connectivity index (χ0v) is 8.48. The van der Waals surface area contributed by atoms with E-state index >= 15 is 0 Å². The molecule has 0 aliphatic heterocycles. The minimum absolute atomic E-state index is 0.0174. The molecule has 0 amide bonds. The van der Waals surface area contributed by atoms with Crippen molar-refractivity contribution in [1.29, 1.82) is 0 Å². The number of hydrogen-bond donors (Lipinski definition) is 2. The number of thiol groups is 1. The predicted octanol–water partition coefficient (Wildman–Crippen LogP) is 2.49. The highest BCUT2D eigenvalue weighted by atomic mass is 35.5. The molecule has 0 heterocycles. The highest BCUT2D eigenvalue weighted by molar-refractivity contribution is 7.80. The molecule has 0 saturated carbocycles. The zero-order chi connectivity index (χ0) is 9.84. The Labute approximate surface area is 86.9 Å². The lowest BCUT2D eigenvalue weighted by Crippen LogP contribution is -2.00. The van der Waals surface area contributed by atoms with Crippen LogP contribution < -0.4 is 0 Å². The Morgan fingerprint density at radius 3 is 2.85 bits per heavy atom. The van der Waals surface area contributed by atoms with Gasteiger partial charge in [-0.3, -0.25) is 4.79 Å². The highest BCUT2D eigenvalue weighted by Crippen LogP contribution is 2.25. The Kier molecular flexibility index (Phi) is 3.63. The fourth-order valence-corrected chi connectivity index (χ4v) is 1.42. The maximum atomic E-state index is 11.4. The number of ketones is 1. The monoisotopic (exact) mass is 216 g/mol. The summed E-state index contributed by atoms with van der Waals surface area (Å²) in [4.78, 5) is 11.7. The van der Waals surface area contributed by atoms with Crippen LogP contribution in [0.15, 0.2) is 23.1 Å². The standard InChI is InChI=1S/C9H9ClO2S/c10-5-4-7(11)6-2-1-3-8(12)9(6)13/h1-3,12-13H,4-5H2. The molecule has 1 aromatic rings. The Hall–Kier alpha value is -0.670. The molecule has 0 radical (unpaired) electrons. The van der Waals surface area contributed by atoms with Crippen LogP contribution in [-0.4, -0.2) is 16.8 Å². The van der Waals surface area contributed by atoms with Crippen molar-refractivity contribution < 1.29 is 9.90 Å². The van der Waals surface area contributed by atoms with Crippen molar-refractivity contribution in [2.75, 3.05) is 5.88 Å². The molecule has 2 nitrogen and oxygen atoms in total. The molecule has 0 bridgehead atoms. The molecule has 0 aliphatic rings. The molecule has 70 valence electrons. The van der Waals surface area contributed by atoms with Crippen molar-refractivity contribution in [2.45, 2.75) is 11.3 Å². The molecular weight excluding hydrogens is 208 g/mol. The van der Waals surface area contributed by atoms with E-state index in [-0.39, 0.29) is 23.8 Å². The SMILES string of the molecule is O=C(CCCl)c1cccc(O)c1S. The van der Waals surface area contributed by atoms with Crippen molar-refractivity contribution in [3.63, 3.8) is 0 Å². The van der Waals surface area contributed by atoms with Crippen LogP contribution in [0.4, 0.5) is 0 Å². The van der Waals surface area contributed by atoms with E-state index in [1.165, 1.54) is 6.07 Å². The summed E-state index contributed by atoms with van der Waals surface area (Å²) in [5, 5.41) is 9.26. The highest BCUT2D eigenvalue weighted by Gasteiger charge is 2.10. The van der Waals surface area contributed by atoms with Crippen molar-refractivity contribution >= 4 is 30.0 Å². The third-order valence-corrected chi connectivity index (χ3v) is 2.30. The first-order valence-corrected chi connectivity index (χ1v) is 4.75. The van der Waals surface area contributed by atoms with Crippen molar-refractivity contribution in [2.24, 2.45) is 0 Å². The van der Waals surface area contributed by atoms with Gasteiger partial charge in [-0.05, 0) is 6.07 Å². The molecular formula is C9H9ClO2S. The van der Waals surface area contributed by atoms with Gasteiger partial charge in [-0.2, -0.15) is 0 Å². The average Bonchev–Trinajstić information content (AvgIpc) is 2.10. The number of hydrogen-bond acceptors (Lipinski definition) is 3. The number of alkyl halides is 1. The van der Waals surface area contributed by atoms with Crippen molar-refractivity contribution in [3.05, 3.63) is 23.8 Å². The number of halogens is 1. The van der Waals surface area contributed by atoms with Gasteiger partial charge < -0.3 is 5.11 Å². The summed E-state index contributed by atoms with van der Waals surface area (Å²) in [6.45, 7) is 0. The number of aromatic hydroxyl groups is 1. The lowest BCUT2D eigenvalue weighted by atomic mass is 10.1. The fourth-order valence-electron chi connectivity index (χ4n) is 0.977. The van der Waals surface area contributed by atoms with Gasteiger partial charge in [0, 0.05) is 17.9 Å². The van der Waals surface area contributed by atoms with Crippen LogP contribution >= 0.6 is 24.2 Å². The van der Waals surface area contributed by atoms with E-state index in [1.54, 1.807) is 12.1 Å². The maximum absolute atomic E-state index is 11.4. The van der Waals surface area contributed by atoms with Gasteiger partial charge in [0.25, 0.3) is 0 Å². The summed E-state index contributed by atoms with van der Waals surface area (Å²) in [6.07, 6.45) is 0.262. The molecule has 0 atom stereocenters. The Morgan fingerprint density at radius 1 is 1.54 bits per heavy atom. The molecule has 0 fully saturated rings. The summed E-state index contributed by atoms with van der Waals surface area (Å²) in [5.41, 5.74) is 0.420. The summed E-state index contributed by atoms with van der Waals surface area (Å²) in [7, 11) is 0. The van der Waals surface area contributed by atoms with Gasteiger partial charge in [-0.25, -0.2) is 0 Å². The lowest BCUT2D eigenvalue weighted by molar-refractivity contribution is 0.0986. The molecule has 0 saturated heterocycles. The van der Waals surface area contributed by atoms with E-state index < -0.39 is 0 Å². The quantitative estimate of drug-likeness (QED) is 0.463. The van der Waals surface area contributed by atoms with Gasteiger partial charge in [0.15, 0.2) is 5.78 Å². The number of carbonyl (C=O) groups excluding carboxylic acids is 1. The number of benzene rings is 1. The molecule has 0 spiro atoms. The molecule has 0 unspecified atom stereocenters. The molecule has 1 rings (SSSR count). The summed E-state index contributed by atoms with van der Waals surface area (Å²) in [5.74, 6) is 0.196. The van der Waals surface area contributed by atoms with Crippen molar-refractivity contribution in [3.8, 4) is 5.75 Å². The topological polar surface area (TPSA) is 37.3 Å². The second kappa shape index (κ2) is 4.53. The third kappa shape index (κ3) is 2.39. The molecule has 0 aliphatic carbocycles. The lowest BCUT2D eigenvalue weighted by Gasteiger charge is -2.03. The van der Waals surface area contributed by atoms with Gasteiger partial charge in [-0.1, -0.05) is 12.1 Å². The Balaban J connectivity index is 3.01. The summed E-state index contributed by atoms with van der Waals surface area (Å²) >= 11 is 9.46. The third-order valence-electron chi connectivity index (χ3n) is 1.64. The van der Waals surface area contributed by atoms with Crippen LogP contribution in [0.1, 0.15) is 16.8 Å². The number of phenolic OH excluding ortho intramolecular Hbond substituents is 1. The largest absolute Gasteiger partial charge is 0.507 e. The minimum atomic E-state index is -0.101. The second-order valence-corrected chi connectivity index (χ2v) is 3.36. The van der Waals surface area contributed by atoms with Crippen LogP contribution in [0.5, 0.6) is 5.75 Å². The van der Waals surface area contributed by atoms with Crippen LogP contribution in [0, 0.1) is 0 Å². The van der Waals surface area contributed by atoms with E-state index in [4.69, 9.17) is 11.6 Å². The number of Topliss-reactive ketones (excluding diaryl/α,β-unsaturated/α-hetero) is 1. The van der Waals surface area contributed by atoms with Gasteiger partial charge in [0.1, 0.15) is 5.75 Å². The fraction of sp³-hybridized carbons (Fsp3) is 0.222. The van der Waals surface area contributed by atoms with Gasteiger partial charge in [-0.15, -0.1) is 24.2 Å². The molecule has 1 aromatic carbocycles.